The topological polar surface area (TPSA) is 93.2 Å². The molecule has 0 radical (unpaired) electrons. The van der Waals surface area contributed by atoms with Crippen molar-refractivity contribution < 1.29 is 9.90 Å². The molecule has 1 aromatic heterocycles. The lowest BCUT2D eigenvalue weighted by molar-refractivity contribution is 0.0928. The van der Waals surface area contributed by atoms with Gasteiger partial charge in [-0.2, -0.15) is 5.10 Å². The predicted molar refractivity (Wildman–Crippen MR) is 64.6 cm³/mol. The predicted octanol–water partition coefficient (Wildman–Crippen LogP) is -0.580. The number of nitrogens with zero attached hydrogens (tertiary/aromatic N) is 2. The highest BCUT2D eigenvalue weighted by atomic mass is 16.3. The molecule has 0 saturated heterocycles. The van der Waals surface area contributed by atoms with E-state index in [0.29, 0.717) is 5.69 Å². The highest BCUT2D eigenvalue weighted by molar-refractivity contribution is 5.92. The number of aliphatic hydroxyl groups is 1. The van der Waals surface area contributed by atoms with Gasteiger partial charge in [0.15, 0.2) is 0 Å². The van der Waals surface area contributed by atoms with Crippen molar-refractivity contribution in [1.82, 2.24) is 15.1 Å². The zero-order valence-corrected chi connectivity index (χ0v) is 10.5. The molecule has 6 heteroatoms. The fourth-order valence-corrected chi connectivity index (χ4v) is 1.38. The van der Waals surface area contributed by atoms with E-state index in [1.807, 2.05) is 6.92 Å². The van der Waals surface area contributed by atoms with E-state index in [-0.39, 0.29) is 12.5 Å². The van der Waals surface area contributed by atoms with Gasteiger partial charge in [0.05, 0.1) is 11.8 Å². The zero-order chi connectivity index (χ0) is 13.0. The van der Waals surface area contributed by atoms with Gasteiger partial charge in [-0.05, 0) is 19.4 Å². The molecule has 2 atom stereocenters. The zero-order valence-electron chi connectivity index (χ0n) is 10.5. The van der Waals surface area contributed by atoms with Gasteiger partial charge in [0.1, 0.15) is 5.69 Å². The van der Waals surface area contributed by atoms with Crippen molar-refractivity contribution in [2.45, 2.75) is 32.4 Å². The number of aliphatic hydroxyl groups excluding tert-OH is 1. The highest BCUT2D eigenvalue weighted by Gasteiger charge is 2.15. The Bertz CT molecular complexity index is 387. The Morgan fingerprint density at radius 2 is 2.35 bits per heavy atom. The third kappa shape index (κ3) is 3.54. The van der Waals surface area contributed by atoms with E-state index in [1.54, 1.807) is 24.7 Å². The molecule has 0 aliphatic carbocycles. The minimum absolute atomic E-state index is 0.226. The van der Waals surface area contributed by atoms with Crippen LogP contribution in [0, 0.1) is 0 Å². The van der Waals surface area contributed by atoms with E-state index in [2.05, 4.69) is 10.4 Å². The first-order valence-corrected chi connectivity index (χ1v) is 5.70. The Labute approximate surface area is 101 Å². The van der Waals surface area contributed by atoms with Crippen molar-refractivity contribution in [3.63, 3.8) is 0 Å². The first kappa shape index (κ1) is 13.7. The smallest absolute Gasteiger partial charge is 0.269 e. The van der Waals surface area contributed by atoms with Gasteiger partial charge in [-0.1, -0.05) is 6.92 Å². The van der Waals surface area contributed by atoms with E-state index in [0.717, 1.165) is 12.1 Å². The largest absolute Gasteiger partial charge is 0.392 e. The summed E-state index contributed by atoms with van der Waals surface area (Å²) in [4.78, 5) is 11.8. The summed E-state index contributed by atoms with van der Waals surface area (Å²) in [5.74, 6) is -0.226. The van der Waals surface area contributed by atoms with Gasteiger partial charge in [0.25, 0.3) is 5.91 Å². The van der Waals surface area contributed by atoms with Gasteiger partial charge in [-0.15, -0.1) is 0 Å². The van der Waals surface area contributed by atoms with Crippen molar-refractivity contribution in [2.75, 3.05) is 6.54 Å². The first-order valence-electron chi connectivity index (χ1n) is 5.70. The molecule has 1 heterocycles. The number of carbonyl (C=O) groups excluding carboxylic acids is 1. The monoisotopic (exact) mass is 240 g/mol. The minimum Gasteiger partial charge on any atom is -0.392 e. The van der Waals surface area contributed by atoms with Crippen molar-refractivity contribution in [2.24, 2.45) is 12.8 Å². The second-order valence-electron chi connectivity index (χ2n) is 4.11. The van der Waals surface area contributed by atoms with Crippen LogP contribution in [0.1, 0.15) is 30.0 Å². The SMILES string of the molecule is CCc1cc(C(=O)NCC(N)C(C)O)n(C)n1. The number of amides is 1. The van der Waals surface area contributed by atoms with Crippen LogP contribution in [-0.2, 0) is 13.5 Å². The summed E-state index contributed by atoms with van der Waals surface area (Å²) < 4.78 is 1.54. The van der Waals surface area contributed by atoms with Crippen LogP contribution in [0.5, 0.6) is 0 Å². The molecule has 17 heavy (non-hydrogen) atoms. The van der Waals surface area contributed by atoms with Gasteiger partial charge in [0, 0.05) is 19.6 Å². The van der Waals surface area contributed by atoms with Crippen molar-refractivity contribution in [3.05, 3.63) is 17.5 Å². The number of aromatic nitrogens is 2. The minimum atomic E-state index is -0.645. The average Bonchev–Trinajstić information content (AvgIpc) is 2.66. The average molecular weight is 240 g/mol. The van der Waals surface area contributed by atoms with Crippen LogP contribution in [0.4, 0.5) is 0 Å². The van der Waals surface area contributed by atoms with Gasteiger partial charge >= 0.3 is 0 Å². The van der Waals surface area contributed by atoms with Gasteiger partial charge in [0.2, 0.25) is 0 Å². The number of hydrogen-bond acceptors (Lipinski definition) is 4. The molecule has 0 aromatic carbocycles. The molecule has 2 unspecified atom stereocenters. The Morgan fingerprint density at radius 1 is 1.71 bits per heavy atom. The van der Waals surface area contributed by atoms with Gasteiger partial charge < -0.3 is 16.2 Å². The number of rotatable bonds is 5. The molecule has 0 spiro atoms. The molecule has 0 fully saturated rings. The quantitative estimate of drug-likeness (QED) is 0.642. The van der Waals surface area contributed by atoms with Crippen LogP contribution in [0.15, 0.2) is 6.07 Å². The summed E-state index contributed by atoms with van der Waals surface area (Å²) in [6.45, 7) is 3.81. The number of nitrogens with two attached hydrogens (primary N) is 1. The van der Waals surface area contributed by atoms with Crippen LogP contribution in [0.3, 0.4) is 0 Å². The Kier molecular flexibility index (Phi) is 4.65. The molecule has 96 valence electrons. The summed E-state index contributed by atoms with van der Waals surface area (Å²) in [6, 6.07) is 1.29. The first-order chi connectivity index (χ1) is 7.95. The summed E-state index contributed by atoms with van der Waals surface area (Å²) >= 11 is 0. The van der Waals surface area contributed by atoms with Crippen molar-refractivity contribution >= 4 is 5.91 Å². The maximum atomic E-state index is 11.8. The molecular formula is C11H20N4O2. The summed E-state index contributed by atoms with van der Waals surface area (Å²) in [5, 5.41) is 16.1. The van der Waals surface area contributed by atoms with E-state index in [4.69, 9.17) is 5.73 Å². The van der Waals surface area contributed by atoms with E-state index >= 15 is 0 Å². The lowest BCUT2D eigenvalue weighted by atomic mass is 10.2. The molecule has 6 nitrogen and oxygen atoms in total. The van der Waals surface area contributed by atoms with Gasteiger partial charge in [-0.25, -0.2) is 0 Å². The summed E-state index contributed by atoms with van der Waals surface area (Å²) in [5.41, 5.74) is 7.00. The lowest BCUT2D eigenvalue weighted by Gasteiger charge is -2.15. The Balaban J connectivity index is 2.60. The van der Waals surface area contributed by atoms with Crippen LogP contribution >= 0.6 is 0 Å². The number of aryl methyl sites for hydroxylation is 2. The second-order valence-corrected chi connectivity index (χ2v) is 4.11. The molecule has 1 aromatic rings. The molecule has 0 saturated carbocycles. The van der Waals surface area contributed by atoms with Crippen molar-refractivity contribution in [3.8, 4) is 0 Å². The van der Waals surface area contributed by atoms with Crippen molar-refractivity contribution in [1.29, 1.82) is 0 Å². The van der Waals surface area contributed by atoms with Gasteiger partial charge in [-0.3, -0.25) is 9.48 Å². The standard InChI is InChI=1S/C11H20N4O2/c1-4-8-5-10(15(3)14-8)11(17)13-6-9(12)7(2)16/h5,7,9,16H,4,6,12H2,1-3H3,(H,13,17). The highest BCUT2D eigenvalue weighted by Crippen LogP contribution is 2.03. The Morgan fingerprint density at radius 3 is 2.82 bits per heavy atom. The second kappa shape index (κ2) is 5.79. The normalized spacial score (nSPS) is 14.4. The molecule has 4 N–H and O–H groups in total. The van der Waals surface area contributed by atoms with E-state index in [1.165, 1.54) is 0 Å². The molecule has 0 bridgehead atoms. The van der Waals surface area contributed by atoms with Crippen LogP contribution in [0.2, 0.25) is 0 Å². The maximum absolute atomic E-state index is 11.8. The molecule has 0 aliphatic rings. The molecule has 0 aliphatic heterocycles. The molecular weight excluding hydrogens is 220 g/mol. The Hall–Kier alpha value is -1.40. The fourth-order valence-electron chi connectivity index (χ4n) is 1.38. The maximum Gasteiger partial charge on any atom is 0.269 e. The van der Waals surface area contributed by atoms with Crippen LogP contribution < -0.4 is 11.1 Å². The van der Waals surface area contributed by atoms with E-state index < -0.39 is 12.1 Å². The van der Waals surface area contributed by atoms with E-state index in [9.17, 15) is 9.90 Å². The number of carbonyl (C=O) groups is 1. The summed E-state index contributed by atoms with van der Waals surface area (Å²) in [6.07, 6.45) is 0.141. The third-order valence-corrected chi connectivity index (χ3v) is 2.64. The molecule has 1 rings (SSSR count). The third-order valence-electron chi connectivity index (χ3n) is 2.64. The van der Waals surface area contributed by atoms with Crippen LogP contribution in [-0.4, -0.2) is 39.5 Å². The fraction of sp³-hybridized carbons (Fsp3) is 0.636. The number of hydrogen-bond donors (Lipinski definition) is 3. The van der Waals surface area contributed by atoms with Crippen LogP contribution in [0.25, 0.3) is 0 Å². The number of nitrogens with one attached hydrogen (secondary N) is 1. The molecule has 1 amide bonds. The lowest BCUT2D eigenvalue weighted by Crippen LogP contribution is -2.44. The summed E-state index contributed by atoms with van der Waals surface area (Å²) in [7, 11) is 1.72.